The van der Waals surface area contributed by atoms with E-state index in [1.807, 2.05) is 21.3 Å². The van der Waals surface area contributed by atoms with Crippen molar-refractivity contribution < 1.29 is 14.4 Å². The SMILES string of the molecule is C.CN.Cc1ccc2c(c1)CCc1cc(Br)cnc1C2N1CCN(C(=O)CC2CCN(/C=N/C(=O)NC(N)=O)CC2)CC1. The van der Waals surface area contributed by atoms with Crippen LogP contribution < -0.4 is 16.8 Å². The van der Waals surface area contributed by atoms with Crippen molar-refractivity contribution in [1.82, 2.24) is 25.0 Å². The number of carbonyl (C=O) groups is 3. The first-order valence-electron chi connectivity index (χ1n) is 14.5. The topological polar surface area (TPSA) is 150 Å². The van der Waals surface area contributed by atoms with Crippen LogP contribution in [-0.2, 0) is 17.6 Å². The number of nitrogens with zero attached hydrogens (tertiary/aromatic N) is 5. The van der Waals surface area contributed by atoms with Crippen molar-refractivity contribution in [3.8, 4) is 0 Å². The third-order valence-corrected chi connectivity index (χ3v) is 8.63. The molecule has 5 rings (SSSR count). The smallest absolute Gasteiger partial charge is 0.350 e. The molecule has 1 aliphatic carbocycles. The number of primary amides is 1. The number of halogens is 1. The van der Waals surface area contributed by atoms with Gasteiger partial charge in [0.05, 0.1) is 18.1 Å². The van der Waals surface area contributed by atoms with Crippen molar-refractivity contribution in [2.75, 3.05) is 46.3 Å². The first kappa shape index (κ1) is 34.1. The quantitative estimate of drug-likeness (QED) is 0.336. The highest BCUT2D eigenvalue weighted by molar-refractivity contribution is 9.10. The molecule has 0 radical (unpaired) electrons. The van der Waals surface area contributed by atoms with Gasteiger partial charge in [-0.25, -0.2) is 9.59 Å². The minimum Gasteiger partial charge on any atom is -0.362 e. The monoisotopic (exact) mass is 656 g/mol. The van der Waals surface area contributed by atoms with Gasteiger partial charge in [-0.05, 0) is 84.3 Å². The molecule has 1 atom stereocenters. The van der Waals surface area contributed by atoms with Crippen LogP contribution in [0.4, 0.5) is 9.59 Å². The number of rotatable bonds is 4. The zero-order valence-corrected chi connectivity index (χ0v) is 26.0. The van der Waals surface area contributed by atoms with Gasteiger partial charge in [0.25, 0.3) is 0 Å². The number of pyridine rings is 1. The van der Waals surface area contributed by atoms with E-state index in [2.05, 4.69) is 62.7 Å². The van der Waals surface area contributed by atoms with E-state index in [9.17, 15) is 14.4 Å². The van der Waals surface area contributed by atoms with Crippen molar-refractivity contribution in [3.63, 3.8) is 0 Å². The second-order valence-electron chi connectivity index (χ2n) is 10.9. The van der Waals surface area contributed by atoms with E-state index in [4.69, 9.17) is 10.7 Å². The summed E-state index contributed by atoms with van der Waals surface area (Å²) < 4.78 is 1.01. The van der Waals surface area contributed by atoms with Crippen LogP contribution in [0.15, 0.2) is 39.9 Å². The highest BCUT2D eigenvalue weighted by Crippen LogP contribution is 2.37. The molecule has 5 N–H and O–H groups in total. The Morgan fingerprint density at radius 1 is 1.05 bits per heavy atom. The molecule has 2 fully saturated rings. The summed E-state index contributed by atoms with van der Waals surface area (Å²) in [6, 6.07) is 7.38. The molecule has 1 aromatic heterocycles. The van der Waals surface area contributed by atoms with Crippen LogP contribution in [0, 0.1) is 12.8 Å². The van der Waals surface area contributed by atoms with Crippen molar-refractivity contribution in [2.24, 2.45) is 22.4 Å². The lowest BCUT2D eigenvalue weighted by molar-refractivity contribution is -0.134. The van der Waals surface area contributed by atoms with Gasteiger partial charge < -0.3 is 21.3 Å². The lowest BCUT2D eigenvalue weighted by Gasteiger charge is -2.40. The lowest BCUT2D eigenvalue weighted by Crippen LogP contribution is -2.50. The van der Waals surface area contributed by atoms with E-state index >= 15 is 0 Å². The van der Waals surface area contributed by atoms with Gasteiger partial charge in [0.1, 0.15) is 0 Å². The lowest BCUT2D eigenvalue weighted by atomic mass is 9.93. The Hall–Kier alpha value is -3.35. The van der Waals surface area contributed by atoms with Crippen molar-refractivity contribution in [2.45, 2.75) is 52.5 Å². The maximum Gasteiger partial charge on any atom is 0.350 e. The first-order chi connectivity index (χ1) is 20.3. The normalized spacial score (nSPS) is 18.8. The standard InChI is InChI=1S/C29H36BrN7O3.CH5N.CH4/c1-19-2-5-24-21(14-19)3-4-22-16-23(30)17-32-26(22)27(24)37-12-10-36(11-13-37)25(38)15-20-6-8-35(9-7-20)18-33-29(40)34-28(31)39;1-2;/h2,5,14,16-18,20,27H,3-4,6-13,15H2,1H3,(H3,31,34,39,40);2H2,1H3;1H4/b33-18+;;. The van der Waals surface area contributed by atoms with E-state index in [1.165, 1.54) is 35.6 Å². The first-order valence-corrected chi connectivity index (χ1v) is 15.3. The number of benzene rings is 1. The van der Waals surface area contributed by atoms with Crippen LogP contribution in [0.2, 0.25) is 0 Å². The number of nitrogens with one attached hydrogen (secondary N) is 1. The van der Waals surface area contributed by atoms with Gasteiger partial charge in [-0.2, -0.15) is 4.99 Å². The van der Waals surface area contributed by atoms with Crippen LogP contribution in [0.1, 0.15) is 60.7 Å². The molecule has 0 saturated carbocycles. The Morgan fingerprint density at radius 3 is 2.40 bits per heavy atom. The number of hydrogen-bond acceptors (Lipinski definition) is 6. The Bertz CT molecular complexity index is 1250. The second-order valence-corrected chi connectivity index (χ2v) is 11.9. The molecule has 2 aliphatic heterocycles. The van der Waals surface area contributed by atoms with Gasteiger partial charge in [0.2, 0.25) is 5.91 Å². The fourth-order valence-electron chi connectivity index (χ4n) is 6.09. The fourth-order valence-corrected chi connectivity index (χ4v) is 6.47. The van der Waals surface area contributed by atoms with Crippen molar-refractivity contribution >= 4 is 40.2 Å². The van der Waals surface area contributed by atoms with Crippen LogP contribution in [0.5, 0.6) is 0 Å². The van der Waals surface area contributed by atoms with Crippen molar-refractivity contribution in [1.29, 1.82) is 0 Å². The number of aryl methyl sites for hydroxylation is 3. The number of carbonyl (C=O) groups excluding carboxylic acids is 3. The van der Waals surface area contributed by atoms with Crippen molar-refractivity contribution in [3.05, 3.63) is 62.9 Å². The average Bonchev–Trinajstić information content (AvgIpc) is 3.13. The van der Waals surface area contributed by atoms with E-state index in [0.717, 1.165) is 48.9 Å². The predicted molar refractivity (Wildman–Crippen MR) is 173 cm³/mol. The number of hydrogen-bond donors (Lipinski definition) is 3. The molecule has 2 aromatic rings. The third kappa shape index (κ3) is 8.84. The Balaban J connectivity index is 0.00000165. The maximum absolute atomic E-state index is 13.2. The number of piperidine rings is 1. The molecule has 2 saturated heterocycles. The summed E-state index contributed by atoms with van der Waals surface area (Å²) in [7, 11) is 1.50. The fraction of sp³-hybridized carbons (Fsp3) is 0.516. The number of nitrogens with two attached hydrogens (primary N) is 2. The number of likely N-dealkylation sites (tertiary alicyclic amines) is 1. The molecule has 0 spiro atoms. The van der Waals surface area contributed by atoms with Crippen LogP contribution in [0.25, 0.3) is 0 Å². The largest absolute Gasteiger partial charge is 0.362 e. The van der Waals surface area contributed by atoms with Crippen LogP contribution in [-0.4, -0.2) is 90.3 Å². The number of aromatic nitrogens is 1. The summed E-state index contributed by atoms with van der Waals surface area (Å²) in [6.07, 6.45) is 7.56. The van der Waals surface area contributed by atoms with Gasteiger partial charge in [0.15, 0.2) is 0 Å². The van der Waals surface area contributed by atoms with Gasteiger partial charge in [-0.15, -0.1) is 0 Å². The average molecular weight is 658 g/mol. The summed E-state index contributed by atoms with van der Waals surface area (Å²) in [5, 5.41) is 1.91. The zero-order chi connectivity index (χ0) is 30.2. The molecule has 11 nitrogen and oxygen atoms in total. The number of urea groups is 2. The number of imide groups is 1. The van der Waals surface area contributed by atoms with Gasteiger partial charge in [-0.3, -0.25) is 20.0 Å². The minimum atomic E-state index is -0.927. The molecular formula is C31H45BrN8O3. The molecule has 5 amide bonds. The predicted octanol–water partition coefficient (Wildman–Crippen LogP) is 3.61. The highest BCUT2D eigenvalue weighted by atomic mass is 79.9. The van der Waals surface area contributed by atoms with E-state index in [0.29, 0.717) is 38.5 Å². The summed E-state index contributed by atoms with van der Waals surface area (Å²) in [6.45, 7) is 6.61. The highest BCUT2D eigenvalue weighted by Gasteiger charge is 2.34. The Morgan fingerprint density at radius 2 is 1.72 bits per heavy atom. The summed E-state index contributed by atoms with van der Waals surface area (Å²) in [5.74, 6) is 0.521. The van der Waals surface area contributed by atoms with Crippen LogP contribution in [0.3, 0.4) is 0 Å². The van der Waals surface area contributed by atoms with Gasteiger partial charge >= 0.3 is 12.1 Å². The van der Waals surface area contributed by atoms with E-state index < -0.39 is 12.1 Å². The number of piperazine rings is 1. The molecule has 43 heavy (non-hydrogen) atoms. The van der Waals surface area contributed by atoms with Crippen LogP contribution >= 0.6 is 15.9 Å². The Kier molecular flexibility index (Phi) is 12.6. The summed E-state index contributed by atoms with van der Waals surface area (Å²) in [4.78, 5) is 50.5. The summed E-state index contributed by atoms with van der Waals surface area (Å²) in [5.41, 5.74) is 15.9. The molecule has 1 unspecified atom stereocenters. The summed E-state index contributed by atoms with van der Waals surface area (Å²) >= 11 is 3.61. The number of amides is 5. The molecular weight excluding hydrogens is 612 g/mol. The molecule has 3 aliphatic rings. The number of aliphatic imine (C=N–C) groups is 1. The van der Waals surface area contributed by atoms with Gasteiger partial charge in [-0.1, -0.05) is 31.2 Å². The molecule has 3 heterocycles. The molecule has 1 aromatic carbocycles. The molecule has 234 valence electrons. The Labute approximate surface area is 263 Å². The maximum atomic E-state index is 13.2. The van der Waals surface area contributed by atoms with E-state index in [1.54, 1.807) is 0 Å². The van der Waals surface area contributed by atoms with Gasteiger partial charge in [0, 0.05) is 56.4 Å². The molecule has 12 heteroatoms. The van der Waals surface area contributed by atoms with E-state index in [-0.39, 0.29) is 19.4 Å². The second kappa shape index (κ2) is 15.9. The third-order valence-electron chi connectivity index (χ3n) is 8.20. The number of fused-ring (bicyclic) bond motifs is 2. The molecule has 0 bridgehead atoms. The minimum absolute atomic E-state index is 0. The zero-order valence-electron chi connectivity index (χ0n) is 24.4.